The zero-order valence-electron chi connectivity index (χ0n) is 14.5. The van der Waals surface area contributed by atoms with Crippen molar-refractivity contribution in [2.24, 2.45) is 0 Å². The number of aromatic nitrogens is 2. The van der Waals surface area contributed by atoms with Gasteiger partial charge < -0.3 is 14.6 Å². The Hall–Kier alpha value is -3.45. The lowest BCUT2D eigenvalue weighted by Crippen LogP contribution is -2.46. The molecule has 0 aliphatic carbocycles. The number of aliphatic hydroxyl groups is 1. The molecule has 1 aliphatic heterocycles. The van der Waals surface area contributed by atoms with Crippen LogP contribution in [-0.4, -0.2) is 25.6 Å². The van der Waals surface area contributed by atoms with E-state index >= 15 is 0 Å². The summed E-state index contributed by atoms with van der Waals surface area (Å²) in [7, 11) is 0. The molecule has 0 fully saturated rings. The van der Waals surface area contributed by atoms with E-state index in [2.05, 4.69) is 4.98 Å². The third-order valence-corrected chi connectivity index (χ3v) is 4.50. The van der Waals surface area contributed by atoms with Crippen molar-refractivity contribution in [2.45, 2.75) is 19.8 Å². The van der Waals surface area contributed by atoms with E-state index in [0.717, 1.165) is 5.56 Å². The molecule has 3 aromatic rings. The number of carbonyl (C=O) groups is 1. The first-order valence-electron chi connectivity index (χ1n) is 8.55. The van der Waals surface area contributed by atoms with Gasteiger partial charge in [0.1, 0.15) is 5.82 Å². The van der Waals surface area contributed by atoms with Gasteiger partial charge in [0.05, 0.1) is 25.5 Å². The second-order valence-electron chi connectivity index (χ2n) is 6.28. The molecule has 0 atom stereocenters. The number of hydrogen-bond acceptors (Lipinski definition) is 4. The summed E-state index contributed by atoms with van der Waals surface area (Å²) >= 11 is 0. The predicted molar refractivity (Wildman–Crippen MR) is 100 cm³/mol. The average Bonchev–Trinajstić information content (AvgIpc) is 2.70. The Bertz CT molecular complexity index is 1030. The van der Waals surface area contributed by atoms with Crippen molar-refractivity contribution < 1.29 is 9.90 Å². The highest BCUT2D eigenvalue weighted by molar-refractivity contribution is 6.01. The Labute approximate surface area is 155 Å². The molecule has 0 saturated carbocycles. The van der Waals surface area contributed by atoms with Crippen molar-refractivity contribution in [1.29, 1.82) is 0 Å². The summed E-state index contributed by atoms with van der Waals surface area (Å²) < 4.78 is 1.77. The fraction of sp³-hybridized carbons (Fsp3) is 0.150. The van der Waals surface area contributed by atoms with Crippen molar-refractivity contribution in [2.75, 3.05) is 4.90 Å². The van der Waals surface area contributed by atoms with E-state index in [4.69, 9.17) is 0 Å². The van der Waals surface area contributed by atoms with Crippen LogP contribution in [0.1, 0.15) is 11.1 Å². The van der Waals surface area contributed by atoms with Gasteiger partial charge in [-0.1, -0.05) is 24.3 Å². The molecule has 0 saturated heterocycles. The molecule has 0 bridgehead atoms. The minimum Gasteiger partial charge on any atom is -0.392 e. The molecule has 1 N–H and O–H groups in total. The summed E-state index contributed by atoms with van der Waals surface area (Å²) in [5, 5.41) is 9.70. The molecule has 1 aromatic carbocycles. The van der Waals surface area contributed by atoms with E-state index in [0.29, 0.717) is 30.3 Å². The summed E-state index contributed by atoms with van der Waals surface area (Å²) in [6.45, 7) is 0.527. The Balaban J connectivity index is 1.76. The van der Waals surface area contributed by atoms with Gasteiger partial charge >= 0.3 is 6.03 Å². The number of urea groups is 1. The molecule has 0 radical (unpaired) electrons. The highest BCUT2D eigenvalue weighted by Gasteiger charge is 2.33. The number of pyridine rings is 2. The van der Waals surface area contributed by atoms with Crippen LogP contribution >= 0.6 is 0 Å². The van der Waals surface area contributed by atoms with Crippen LogP contribution in [0.15, 0.2) is 71.9 Å². The molecule has 27 heavy (non-hydrogen) atoms. The molecular formula is C20H18N4O3. The molecule has 1 aliphatic rings. The standard InChI is InChI=1S/C20H18N4O3/c25-13-16-4-1-2-6-18(16)24-19-15(5-3-9-21-19)12-23(20(24)27)14-22-10-7-17(26)8-11-22/h1-11,25H,12-14H2. The van der Waals surface area contributed by atoms with Crippen LogP contribution in [0.25, 0.3) is 0 Å². The first kappa shape index (κ1) is 17.0. The van der Waals surface area contributed by atoms with E-state index in [9.17, 15) is 14.7 Å². The predicted octanol–water partition coefficient (Wildman–Crippen LogP) is 2.47. The van der Waals surface area contributed by atoms with Crippen LogP contribution < -0.4 is 10.3 Å². The molecule has 4 rings (SSSR count). The van der Waals surface area contributed by atoms with Gasteiger partial charge in [0.25, 0.3) is 0 Å². The van der Waals surface area contributed by atoms with Crippen molar-refractivity contribution in [3.05, 3.63) is 88.5 Å². The zero-order valence-corrected chi connectivity index (χ0v) is 14.5. The number of nitrogens with zero attached hydrogens (tertiary/aromatic N) is 4. The van der Waals surface area contributed by atoms with Gasteiger partial charge in [-0.25, -0.2) is 14.7 Å². The number of aliphatic hydroxyl groups excluding tert-OH is 1. The molecule has 0 unspecified atom stereocenters. The highest BCUT2D eigenvalue weighted by Crippen LogP contribution is 2.35. The van der Waals surface area contributed by atoms with Crippen LogP contribution in [0.3, 0.4) is 0 Å². The Morgan fingerprint density at radius 1 is 1.00 bits per heavy atom. The van der Waals surface area contributed by atoms with Crippen LogP contribution in [0, 0.1) is 0 Å². The van der Waals surface area contributed by atoms with Gasteiger partial charge in [0.15, 0.2) is 5.43 Å². The van der Waals surface area contributed by atoms with E-state index in [1.807, 2.05) is 24.3 Å². The summed E-state index contributed by atoms with van der Waals surface area (Å²) in [4.78, 5) is 32.2. The maximum absolute atomic E-state index is 13.3. The van der Waals surface area contributed by atoms with Gasteiger partial charge in [-0.2, -0.15) is 0 Å². The van der Waals surface area contributed by atoms with Crippen molar-refractivity contribution >= 4 is 17.5 Å². The number of fused-ring (bicyclic) bond motifs is 1. The third kappa shape index (κ3) is 3.20. The van der Waals surface area contributed by atoms with E-state index in [1.165, 1.54) is 17.0 Å². The Kier molecular flexibility index (Phi) is 4.43. The molecule has 2 aromatic heterocycles. The number of anilines is 2. The summed E-state index contributed by atoms with van der Waals surface area (Å²) in [5.74, 6) is 0.569. The minimum absolute atomic E-state index is 0.0794. The van der Waals surface area contributed by atoms with Gasteiger partial charge in [0.2, 0.25) is 0 Å². The first-order chi connectivity index (χ1) is 13.2. The summed E-state index contributed by atoms with van der Waals surface area (Å²) in [6.07, 6.45) is 4.96. The Morgan fingerprint density at radius 3 is 2.56 bits per heavy atom. The van der Waals surface area contributed by atoms with Crippen LogP contribution in [0.2, 0.25) is 0 Å². The largest absolute Gasteiger partial charge is 0.392 e. The molecule has 3 heterocycles. The van der Waals surface area contributed by atoms with Crippen molar-refractivity contribution in [1.82, 2.24) is 14.5 Å². The number of hydrogen-bond donors (Lipinski definition) is 1. The van der Waals surface area contributed by atoms with Gasteiger partial charge in [-0.15, -0.1) is 0 Å². The van der Waals surface area contributed by atoms with Gasteiger partial charge in [0, 0.05) is 41.9 Å². The van der Waals surface area contributed by atoms with E-state index in [1.54, 1.807) is 40.2 Å². The fourth-order valence-electron chi connectivity index (χ4n) is 3.19. The van der Waals surface area contributed by atoms with Crippen molar-refractivity contribution in [3.8, 4) is 0 Å². The molecule has 0 spiro atoms. The summed E-state index contributed by atoms with van der Waals surface area (Å²) in [6, 6.07) is 13.7. The number of para-hydroxylation sites is 1. The Morgan fingerprint density at radius 2 is 1.78 bits per heavy atom. The number of carbonyl (C=O) groups excluding carboxylic acids is 1. The van der Waals surface area contributed by atoms with E-state index < -0.39 is 0 Å². The minimum atomic E-state index is -0.235. The molecule has 136 valence electrons. The smallest absolute Gasteiger partial charge is 0.332 e. The maximum atomic E-state index is 13.3. The lowest BCUT2D eigenvalue weighted by molar-refractivity contribution is 0.183. The first-order valence-corrected chi connectivity index (χ1v) is 8.55. The quantitative estimate of drug-likeness (QED) is 0.773. The number of benzene rings is 1. The SMILES string of the molecule is O=C1N(Cn2ccc(=O)cc2)Cc2cccnc2N1c1ccccc1CO. The molecular weight excluding hydrogens is 344 g/mol. The average molecular weight is 362 g/mol. The van der Waals surface area contributed by atoms with Gasteiger partial charge in [-0.05, 0) is 12.1 Å². The topological polar surface area (TPSA) is 78.7 Å². The van der Waals surface area contributed by atoms with Crippen LogP contribution in [-0.2, 0) is 19.8 Å². The highest BCUT2D eigenvalue weighted by atomic mass is 16.3. The van der Waals surface area contributed by atoms with E-state index in [-0.39, 0.29) is 18.1 Å². The van der Waals surface area contributed by atoms with Crippen molar-refractivity contribution in [3.63, 3.8) is 0 Å². The van der Waals surface area contributed by atoms with Crippen LogP contribution in [0.4, 0.5) is 16.3 Å². The second kappa shape index (κ2) is 7.05. The number of amides is 2. The molecule has 2 amide bonds. The van der Waals surface area contributed by atoms with Crippen LogP contribution in [0.5, 0.6) is 0 Å². The zero-order chi connectivity index (χ0) is 18.8. The lowest BCUT2D eigenvalue weighted by Gasteiger charge is -2.37. The third-order valence-electron chi connectivity index (χ3n) is 4.50. The fourth-order valence-corrected chi connectivity index (χ4v) is 3.19. The van der Waals surface area contributed by atoms with Gasteiger partial charge in [-0.3, -0.25) is 4.79 Å². The number of rotatable bonds is 4. The summed E-state index contributed by atoms with van der Waals surface area (Å²) in [5.41, 5.74) is 2.08. The lowest BCUT2D eigenvalue weighted by atomic mass is 10.1. The molecule has 7 nitrogen and oxygen atoms in total. The molecule has 7 heteroatoms. The maximum Gasteiger partial charge on any atom is 0.332 e. The second-order valence-corrected chi connectivity index (χ2v) is 6.28. The normalized spacial score (nSPS) is 13.6. The monoisotopic (exact) mass is 362 g/mol.